The van der Waals surface area contributed by atoms with Crippen molar-refractivity contribution in [3.63, 3.8) is 0 Å². The molecule has 31 heavy (non-hydrogen) atoms. The lowest BCUT2D eigenvalue weighted by atomic mass is 10.2. The highest BCUT2D eigenvalue weighted by Gasteiger charge is 2.30. The van der Waals surface area contributed by atoms with Crippen LogP contribution < -0.4 is 15.4 Å². The molecule has 8 nitrogen and oxygen atoms in total. The fourth-order valence-corrected chi connectivity index (χ4v) is 4.72. The Kier molecular flexibility index (Phi) is 6.57. The molecule has 1 fully saturated rings. The summed E-state index contributed by atoms with van der Waals surface area (Å²) in [4.78, 5) is 25.2. The van der Waals surface area contributed by atoms with E-state index in [1.807, 2.05) is 6.07 Å². The second-order valence-electron chi connectivity index (χ2n) is 7.19. The second kappa shape index (κ2) is 9.52. The molecule has 0 bridgehead atoms. The van der Waals surface area contributed by atoms with Gasteiger partial charge in [0.2, 0.25) is 11.8 Å². The number of hydrogen-bond donors (Lipinski definition) is 2. The number of hydrogen-bond acceptors (Lipinski definition) is 7. The van der Waals surface area contributed by atoms with Crippen molar-refractivity contribution in [2.24, 2.45) is 0 Å². The zero-order valence-electron chi connectivity index (χ0n) is 17.3. The number of amides is 2. The number of benzene rings is 1. The van der Waals surface area contributed by atoms with Gasteiger partial charge in [0.1, 0.15) is 11.6 Å². The van der Waals surface area contributed by atoms with Gasteiger partial charge in [0, 0.05) is 30.0 Å². The Morgan fingerprint density at radius 2 is 2.10 bits per heavy atom. The highest BCUT2D eigenvalue weighted by Crippen LogP contribution is 2.39. The minimum atomic E-state index is -0.187. The summed E-state index contributed by atoms with van der Waals surface area (Å²) in [6, 6.07) is 9.65. The van der Waals surface area contributed by atoms with Crippen LogP contribution in [0.2, 0.25) is 0 Å². The topological polar surface area (TPSA) is 98.1 Å². The molecule has 1 aromatic carbocycles. The molecule has 10 heteroatoms. The van der Waals surface area contributed by atoms with Gasteiger partial charge in [0.05, 0.1) is 18.6 Å². The molecule has 1 saturated carbocycles. The summed E-state index contributed by atoms with van der Waals surface area (Å²) >= 11 is 3.08. The number of anilines is 2. The molecule has 2 N–H and O–H groups in total. The van der Waals surface area contributed by atoms with Crippen molar-refractivity contribution in [3.8, 4) is 5.75 Å². The van der Waals surface area contributed by atoms with Crippen molar-refractivity contribution in [2.45, 2.75) is 37.4 Å². The molecule has 2 heterocycles. The minimum Gasteiger partial charge on any atom is -0.495 e. The van der Waals surface area contributed by atoms with Crippen molar-refractivity contribution in [1.29, 1.82) is 0 Å². The van der Waals surface area contributed by atoms with Crippen LogP contribution >= 0.6 is 23.1 Å². The first-order valence-corrected chi connectivity index (χ1v) is 11.7. The smallest absolute Gasteiger partial charge is 0.234 e. The molecule has 0 radical (unpaired) electrons. The van der Waals surface area contributed by atoms with Gasteiger partial charge in [-0.1, -0.05) is 17.8 Å². The number of nitrogens with zero attached hydrogens (tertiary/aromatic N) is 3. The van der Waals surface area contributed by atoms with Crippen LogP contribution in [0, 0.1) is 0 Å². The van der Waals surface area contributed by atoms with Gasteiger partial charge < -0.3 is 19.9 Å². The molecule has 2 amide bonds. The fraction of sp³-hybridized carbons (Fsp3) is 0.333. The maximum atomic E-state index is 12.6. The Hall–Kier alpha value is -2.85. The zero-order valence-corrected chi connectivity index (χ0v) is 18.9. The Balaban J connectivity index is 1.42. The van der Waals surface area contributed by atoms with Crippen molar-refractivity contribution < 1.29 is 14.3 Å². The molecular formula is C21H23N5O3S2. The van der Waals surface area contributed by atoms with E-state index in [0.29, 0.717) is 23.2 Å². The summed E-state index contributed by atoms with van der Waals surface area (Å²) in [6.45, 7) is 1.43. The maximum absolute atomic E-state index is 12.6. The number of aromatic nitrogens is 3. The number of rotatable bonds is 9. The molecule has 0 saturated heterocycles. The summed E-state index contributed by atoms with van der Waals surface area (Å²) in [5.74, 6) is 1.28. The standard InChI is InChI=1S/C21H23N5O3S2/c1-13(27)22-14-5-8-18(29-2)17(10-14)23-20(28)12-31-21-25-24-19(26(21)15-6-7-15)11-16-4-3-9-30-16/h3-5,8-10,15H,6-7,11-12H2,1-2H3,(H,22,27)(H,23,28). The van der Waals surface area contributed by atoms with Crippen molar-refractivity contribution >= 4 is 46.3 Å². The third kappa shape index (κ3) is 5.45. The van der Waals surface area contributed by atoms with Gasteiger partial charge in [-0.05, 0) is 42.5 Å². The third-order valence-corrected chi connectivity index (χ3v) is 6.51. The summed E-state index contributed by atoms with van der Waals surface area (Å²) in [7, 11) is 1.53. The number of nitrogens with one attached hydrogen (secondary N) is 2. The number of thiophene rings is 1. The van der Waals surface area contributed by atoms with Gasteiger partial charge in [-0.25, -0.2) is 0 Å². The monoisotopic (exact) mass is 457 g/mol. The molecule has 0 aliphatic heterocycles. The molecule has 0 spiro atoms. The number of carbonyl (C=O) groups excluding carboxylic acids is 2. The van der Waals surface area contributed by atoms with Crippen LogP contribution in [0.5, 0.6) is 5.75 Å². The lowest BCUT2D eigenvalue weighted by Crippen LogP contribution is -2.16. The fourth-order valence-electron chi connectivity index (χ4n) is 3.20. The Labute approximate surface area is 188 Å². The largest absolute Gasteiger partial charge is 0.495 e. The van der Waals surface area contributed by atoms with E-state index in [0.717, 1.165) is 30.2 Å². The summed E-state index contributed by atoms with van der Waals surface area (Å²) < 4.78 is 7.50. The maximum Gasteiger partial charge on any atom is 0.234 e. The van der Waals surface area contributed by atoms with E-state index < -0.39 is 0 Å². The Morgan fingerprint density at radius 3 is 2.77 bits per heavy atom. The van der Waals surface area contributed by atoms with Crippen LogP contribution in [0.4, 0.5) is 11.4 Å². The lowest BCUT2D eigenvalue weighted by Gasteiger charge is -2.12. The number of methoxy groups -OCH3 is 1. The zero-order chi connectivity index (χ0) is 21.8. The quantitative estimate of drug-likeness (QED) is 0.472. The number of carbonyl (C=O) groups is 2. The van der Waals surface area contributed by atoms with E-state index in [1.54, 1.807) is 29.5 Å². The minimum absolute atomic E-state index is 0.184. The van der Waals surface area contributed by atoms with Gasteiger partial charge in [-0.2, -0.15) is 0 Å². The summed E-state index contributed by atoms with van der Waals surface area (Å²) in [6.07, 6.45) is 2.98. The Morgan fingerprint density at radius 1 is 1.26 bits per heavy atom. The first-order chi connectivity index (χ1) is 15.0. The number of thioether (sulfide) groups is 1. The van der Waals surface area contributed by atoms with Crippen LogP contribution in [-0.2, 0) is 16.0 Å². The average molecular weight is 458 g/mol. The molecule has 162 valence electrons. The highest BCUT2D eigenvalue weighted by atomic mass is 32.2. The first kappa shape index (κ1) is 21.4. The van der Waals surface area contributed by atoms with Gasteiger partial charge in [-0.3, -0.25) is 9.59 Å². The molecule has 1 aliphatic carbocycles. The van der Waals surface area contributed by atoms with Crippen LogP contribution in [0.1, 0.15) is 36.5 Å². The van der Waals surface area contributed by atoms with E-state index >= 15 is 0 Å². The molecule has 3 aromatic rings. The average Bonchev–Trinajstić information content (AvgIpc) is 3.28. The van der Waals surface area contributed by atoms with Gasteiger partial charge in [0.15, 0.2) is 5.16 Å². The second-order valence-corrected chi connectivity index (χ2v) is 9.16. The van der Waals surface area contributed by atoms with E-state index in [9.17, 15) is 9.59 Å². The first-order valence-electron chi connectivity index (χ1n) is 9.88. The van der Waals surface area contributed by atoms with Crippen molar-refractivity contribution in [3.05, 3.63) is 46.4 Å². The summed E-state index contributed by atoms with van der Waals surface area (Å²) in [5.41, 5.74) is 1.09. The van der Waals surface area contributed by atoms with Gasteiger partial charge >= 0.3 is 0 Å². The molecule has 0 unspecified atom stereocenters. The van der Waals surface area contributed by atoms with Crippen LogP contribution in [-0.4, -0.2) is 39.4 Å². The van der Waals surface area contributed by atoms with E-state index in [-0.39, 0.29) is 17.6 Å². The number of ether oxygens (including phenoxy) is 1. The molecular weight excluding hydrogens is 434 g/mol. The van der Waals surface area contributed by atoms with Gasteiger partial charge in [0.25, 0.3) is 0 Å². The van der Waals surface area contributed by atoms with Crippen LogP contribution in [0.3, 0.4) is 0 Å². The molecule has 2 aromatic heterocycles. The van der Waals surface area contributed by atoms with E-state index in [2.05, 4.69) is 36.8 Å². The Bertz CT molecular complexity index is 1080. The third-order valence-electron chi connectivity index (χ3n) is 4.69. The molecule has 4 rings (SSSR count). The van der Waals surface area contributed by atoms with Gasteiger partial charge in [-0.15, -0.1) is 21.5 Å². The highest BCUT2D eigenvalue weighted by molar-refractivity contribution is 7.99. The molecule has 1 aliphatic rings. The van der Waals surface area contributed by atoms with Crippen LogP contribution in [0.25, 0.3) is 0 Å². The van der Waals surface area contributed by atoms with Crippen molar-refractivity contribution in [1.82, 2.24) is 14.8 Å². The van der Waals surface area contributed by atoms with E-state index in [1.165, 1.54) is 30.7 Å². The van der Waals surface area contributed by atoms with Crippen LogP contribution in [0.15, 0.2) is 40.9 Å². The normalized spacial score (nSPS) is 13.1. The molecule has 0 atom stereocenters. The predicted molar refractivity (Wildman–Crippen MR) is 122 cm³/mol. The summed E-state index contributed by atoms with van der Waals surface area (Å²) in [5, 5.41) is 17.1. The predicted octanol–water partition coefficient (Wildman–Crippen LogP) is 3.96. The van der Waals surface area contributed by atoms with E-state index in [4.69, 9.17) is 4.74 Å². The SMILES string of the molecule is COc1ccc(NC(C)=O)cc1NC(=O)CSc1nnc(Cc2cccs2)n1C1CC1. The van der Waals surface area contributed by atoms with Crippen molar-refractivity contribution in [2.75, 3.05) is 23.5 Å². The lowest BCUT2D eigenvalue weighted by molar-refractivity contribution is -0.114.